The number of amides is 2. The molecule has 0 aromatic heterocycles. The monoisotopic (exact) mass is 557 g/mol. The summed E-state index contributed by atoms with van der Waals surface area (Å²) in [5.74, 6) is -0.628. The topological polar surface area (TPSA) is 105 Å². The van der Waals surface area contributed by atoms with Crippen molar-refractivity contribution in [2.75, 3.05) is 28.3 Å². The summed E-state index contributed by atoms with van der Waals surface area (Å²) in [6.07, 6.45) is 1.00. The Balaban J connectivity index is 1.78. The average Bonchev–Trinajstić information content (AvgIpc) is 2.83. The Kier molecular flexibility index (Phi) is 8.74. The van der Waals surface area contributed by atoms with Gasteiger partial charge in [-0.25, -0.2) is 8.42 Å². The van der Waals surface area contributed by atoms with Crippen LogP contribution in [0.25, 0.3) is 0 Å². The third kappa shape index (κ3) is 7.05. The molecule has 0 radical (unpaired) electrons. The molecule has 10 heteroatoms. The molecule has 38 heavy (non-hydrogen) atoms. The highest BCUT2D eigenvalue weighted by molar-refractivity contribution is 7.92. The summed E-state index contributed by atoms with van der Waals surface area (Å²) in [6.45, 7) is 7.76. The predicted molar refractivity (Wildman–Crippen MR) is 153 cm³/mol. The van der Waals surface area contributed by atoms with Crippen molar-refractivity contribution in [2.24, 2.45) is 0 Å². The summed E-state index contributed by atoms with van der Waals surface area (Å²) >= 11 is 6.10. The van der Waals surface area contributed by atoms with Crippen molar-refractivity contribution in [1.82, 2.24) is 0 Å². The van der Waals surface area contributed by atoms with Crippen LogP contribution in [-0.4, -0.2) is 39.6 Å². The van der Waals surface area contributed by atoms with Crippen LogP contribution in [0.5, 0.6) is 5.75 Å². The Labute approximate surface area is 229 Å². The Hall–Kier alpha value is -3.56. The van der Waals surface area contributed by atoms with E-state index in [1.165, 1.54) is 26.2 Å². The van der Waals surface area contributed by atoms with Gasteiger partial charge in [-0.1, -0.05) is 50.6 Å². The van der Waals surface area contributed by atoms with Gasteiger partial charge in [-0.05, 0) is 66.4 Å². The Bertz CT molecular complexity index is 1430. The van der Waals surface area contributed by atoms with Crippen molar-refractivity contribution in [3.05, 3.63) is 82.9 Å². The number of rotatable bonds is 8. The Morgan fingerprint density at radius 1 is 0.947 bits per heavy atom. The van der Waals surface area contributed by atoms with Gasteiger partial charge in [0.2, 0.25) is 15.9 Å². The molecule has 202 valence electrons. The van der Waals surface area contributed by atoms with E-state index in [9.17, 15) is 18.0 Å². The van der Waals surface area contributed by atoms with Crippen LogP contribution in [0.4, 0.5) is 17.1 Å². The number of halogens is 1. The van der Waals surface area contributed by atoms with Gasteiger partial charge in [0.1, 0.15) is 11.8 Å². The van der Waals surface area contributed by atoms with Crippen LogP contribution in [0.2, 0.25) is 5.02 Å². The minimum Gasteiger partial charge on any atom is -0.495 e. The summed E-state index contributed by atoms with van der Waals surface area (Å²) in [5.41, 5.74) is 2.59. The van der Waals surface area contributed by atoms with Crippen molar-refractivity contribution in [1.29, 1.82) is 0 Å². The van der Waals surface area contributed by atoms with Gasteiger partial charge in [-0.2, -0.15) is 0 Å². The molecular weight excluding hydrogens is 526 g/mol. The molecule has 0 fully saturated rings. The van der Waals surface area contributed by atoms with Gasteiger partial charge >= 0.3 is 0 Å². The maximum atomic E-state index is 13.1. The normalized spacial score (nSPS) is 12.4. The molecule has 1 atom stereocenters. The molecule has 0 aliphatic rings. The molecule has 0 aliphatic heterocycles. The highest BCUT2D eigenvalue weighted by atomic mass is 35.5. The van der Waals surface area contributed by atoms with Crippen molar-refractivity contribution >= 4 is 50.5 Å². The largest absolute Gasteiger partial charge is 0.495 e. The number of carbonyl (C=O) groups is 2. The molecule has 2 amide bonds. The lowest BCUT2D eigenvalue weighted by Crippen LogP contribution is -2.45. The molecule has 0 spiro atoms. The smallest absolute Gasteiger partial charge is 0.255 e. The van der Waals surface area contributed by atoms with Crippen LogP contribution in [0.3, 0.4) is 0 Å². The van der Waals surface area contributed by atoms with Crippen molar-refractivity contribution in [3.8, 4) is 5.75 Å². The molecule has 2 N–H and O–H groups in total. The second-order valence-corrected chi connectivity index (χ2v) is 12.2. The van der Waals surface area contributed by atoms with Gasteiger partial charge in [0.15, 0.2) is 0 Å². The molecule has 3 aromatic carbocycles. The Morgan fingerprint density at radius 3 is 2.11 bits per heavy atom. The van der Waals surface area contributed by atoms with E-state index in [1.54, 1.807) is 42.5 Å². The van der Waals surface area contributed by atoms with Gasteiger partial charge in [0, 0.05) is 22.0 Å². The Morgan fingerprint density at radius 2 is 1.55 bits per heavy atom. The van der Waals surface area contributed by atoms with E-state index in [-0.39, 0.29) is 22.8 Å². The average molecular weight is 558 g/mol. The van der Waals surface area contributed by atoms with E-state index in [1.807, 2.05) is 12.1 Å². The highest BCUT2D eigenvalue weighted by Gasteiger charge is 2.31. The lowest BCUT2D eigenvalue weighted by molar-refractivity contribution is -0.116. The van der Waals surface area contributed by atoms with Gasteiger partial charge in [0.05, 0.1) is 19.1 Å². The zero-order chi connectivity index (χ0) is 28.3. The summed E-state index contributed by atoms with van der Waals surface area (Å²) in [5, 5.41) is 5.84. The lowest BCUT2D eigenvalue weighted by Gasteiger charge is -2.29. The number of hydrogen-bond donors (Lipinski definition) is 2. The first-order valence-corrected chi connectivity index (χ1v) is 14.1. The van der Waals surface area contributed by atoms with Gasteiger partial charge in [-0.3, -0.25) is 13.9 Å². The number of hydrogen-bond acceptors (Lipinski definition) is 5. The summed E-state index contributed by atoms with van der Waals surface area (Å²) in [4.78, 5) is 25.9. The van der Waals surface area contributed by atoms with Crippen LogP contribution in [0, 0.1) is 0 Å². The fraction of sp³-hybridized carbons (Fsp3) is 0.286. The molecule has 8 nitrogen and oxygen atoms in total. The number of benzene rings is 3. The SMILES string of the molecule is COc1ccc(Cl)cc1N(C(C)C(=O)Nc1cccc(NC(=O)c2ccc(C(C)(C)C)cc2)c1)S(C)(=O)=O. The van der Waals surface area contributed by atoms with Gasteiger partial charge < -0.3 is 15.4 Å². The fourth-order valence-electron chi connectivity index (χ4n) is 3.86. The molecule has 1 unspecified atom stereocenters. The van der Waals surface area contributed by atoms with E-state index in [0.29, 0.717) is 22.0 Å². The maximum Gasteiger partial charge on any atom is 0.255 e. The fourth-order valence-corrected chi connectivity index (χ4v) is 5.20. The molecule has 0 heterocycles. The first-order chi connectivity index (χ1) is 17.7. The van der Waals surface area contributed by atoms with E-state index >= 15 is 0 Å². The van der Waals surface area contributed by atoms with E-state index in [0.717, 1.165) is 16.1 Å². The van der Waals surface area contributed by atoms with Crippen molar-refractivity contribution in [3.63, 3.8) is 0 Å². The van der Waals surface area contributed by atoms with Crippen molar-refractivity contribution in [2.45, 2.75) is 39.2 Å². The quantitative estimate of drug-likeness (QED) is 0.370. The standard InChI is InChI=1S/C28H32ClN3O5S/c1-18(32(38(6,35)36)24-16-21(29)14-15-25(24)37-5)26(33)30-22-8-7-9-23(17-22)31-27(34)19-10-12-20(13-11-19)28(2,3)4/h7-18H,1-6H3,(H,30,33)(H,31,34). The van der Waals surface area contributed by atoms with E-state index < -0.39 is 22.0 Å². The minimum absolute atomic E-state index is 0.0245. The molecule has 0 aliphatic carbocycles. The van der Waals surface area contributed by atoms with Crippen LogP contribution in [0.1, 0.15) is 43.6 Å². The third-order valence-corrected chi connectivity index (χ3v) is 7.33. The maximum absolute atomic E-state index is 13.1. The zero-order valence-electron chi connectivity index (χ0n) is 22.2. The summed E-state index contributed by atoms with van der Waals surface area (Å²) in [6, 6.07) is 17.4. The second kappa shape index (κ2) is 11.4. The molecule has 3 aromatic rings. The first kappa shape index (κ1) is 29.0. The number of carbonyl (C=O) groups excluding carboxylic acids is 2. The highest BCUT2D eigenvalue weighted by Crippen LogP contribution is 2.34. The van der Waals surface area contributed by atoms with Gasteiger partial charge in [-0.15, -0.1) is 0 Å². The van der Waals surface area contributed by atoms with E-state index in [4.69, 9.17) is 16.3 Å². The first-order valence-electron chi connectivity index (χ1n) is 11.9. The van der Waals surface area contributed by atoms with Gasteiger partial charge in [0.25, 0.3) is 5.91 Å². The number of ether oxygens (including phenoxy) is 1. The number of sulfonamides is 1. The molecule has 3 rings (SSSR count). The number of nitrogens with zero attached hydrogens (tertiary/aromatic N) is 1. The third-order valence-electron chi connectivity index (χ3n) is 5.87. The lowest BCUT2D eigenvalue weighted by atomic mass is 9.87. The molecule has 0 saturated carbocycles. The summed E-state index contributed by atoms with van der Waals surface area (Å²) in [7, 11) is -2.49. The number of methoxy groups -OCH3 is 1. The predicted octanol–water partition coefficient (Wildman–Crippen LogP) is 5.69. The van der Waals surface area contributed by atoms with Crippen LogP contribution < -0.4 is 19.7 Å². The van der Waals surface area contributed by atoms with Crippen LogP contribution in [0.15, 0.2) is 66.7 Å². The van der Waals surface area contributed by atoms with E-state index in [2.05, 4.69) is 31.4 Å². The van der Waals surface area contributed by atoms with Crippen LogP contribution >= 0.6 is 11.6 Å². The second-order valence-electron chi connectivity index (χ2n) is 9.90. The molecule has 0 saturated heterocycles. The summed E-state index contributed by atoms with van der Waals surface area (Å²) < 4.78 is 31.6. The van der Waals surface area contributed by atoms with Crippen molar-refractivity contribution < 1.29 is 22.7 Å². The van der Waals surface area contributed by atoms with Crippen LogP contribution in [-0.2, 0) is 20.2 Å². The molecular formula is C28H32ClN3O5S. The minimum atomic E-state index is -3.89. The number of anilines is 3. The zero-order valence-corrected chi connectivity index (χ0v) is 23.8. The number of nitrogens with one attached hydrogen (secondary N) is 2. The molecule has 0 bridgehead atoms.